The maximum atomic E-state index is 12.5. The van der Waals surface area contributed by atoms with Crippen molar-refractivity contribution in [3.8, 4) is 0 Å². The van der Waals surface area contributed by atoms with Crippen LogP contribution in [-0.2, 0) is 16.1 Å². The molecule has 2 rings (SSSR count). The Morgan fingerprint density at radius 2 is 1.77 bits per heavy atom. The summed E-state index contributed by atoms with van der Waals surface area (Å²) in [5.41, 5.74) is 0.912. The van der Waals surface area contributed by atoms with Gasteiger partial charge in [0.1, 0.15) is 6.61 Å². The number of hydrogen-bond donors (Lipinski definition) is 1. The summed E-state index contributed by atoms with van der Waals surface area (Å²) in [5.74, 6) is -1.43. The second kappa shape index (κ2) is 9.03. The maximum Gasteiger partial charge on any atom is 0.410 e. The van der Waals surface area contributed by atoms with Crippen molar-refractivity contribution in [2.45, 2.75) is 58.8 Å². The number of nitrogens with zero attached hydrogens (tertiary/aromatic N) is 2. The van der Waals surface area contributed by atoms with Crippen LogP contribution in [0.3, 0.4) is 0 Å². The Labute approximate surface area is 155 Å². The first-order valence-corrected chi connectivity index (χ1v) is 9.25. The number of amides is 1. The van der Waals surface area contributed by atoms with Gasteiger partial charge in [-0.2, -0.15) is 0 Å². The highest BCUT2D eigenvalue weighted by Crippen LogP contribution is 2.25. The zero-order valence-electron chi connectivity index (χ0n) is 16.1. The van der Waals surface area contributed by atoms with E-state index in [9.17, 15) is 14.7 Å². The average molecular weight is 362 g/mol. The zero-order chi connectivity index (χ0) is 19.3. The van der Waals surface area contributed by atoms with Crippen molar-refractivity contribution in [3.05, 3.63) is 35.9 Å². The van der Waals surface area contributed by atoms with E-state index in [1.54, 1.807) is 4.90 Å². The number of aliphatic carboxylic acids is 1. The van der Waals surface area contributed by atoms with E-state index in [0.29, 0.717) is 13.0 Å². The molecule has 2 atom stereocenters. The molecule has 1 fully saturated rings. The van der Waals surface area contributed by atoms with Gasteiger partial charge in [-0.1, -0.05) is 30.3 Å². The van der Waals surface area contributed by atoms with E-state index < -0.39 is 18.0 Å². The van der Waals surface area contributed by atoms with Crippen molar-refractivity contribution in [2.24, 2.45) is 5.92 Å². The molecule has 1 aromatic carbocycles. The molecule has 1 saturated heterocycles. The Hall–Kier alpha value is -2.08. The normalized spacial score (nSPS) is 20.7. The Morgan fingerprint density at radius 1 is 1.15 bits per heavy atom. The third kappa shape index (κ3) is 5.21. The van der Waals surface area contributed by atoms with Crippen LogP contribution in [0.4, 0.5) is 4.79 Å². The van der Waals surface area contributed by atoms with E-state index in [1.165, 1.54) is 0 Å². The molecule has 26 heavy (non-hydrogen) atoms. The van der Waals surface area contributed by atoms with Gasteiger partial charge in [-0.3, -0.25) is 9.69 Å². The van der Waals surface area contributed by atoms with Crippen LogP contribution in [0.25, 0.3) is 0 Å². The summed E-state index contributed by atoms with van der Waals surface area (Å²) in [5, 5.41) is 9.53. The molecule has 1 aliphatic rings. The molecule has 0 aromatic heterocycles. The van der Waals surface area contributed by atoms with E-state index in [1.807, 2.05) is 30.3 Å². The summed E-state index contributed by atoms with van der Waals surface area (Å²) in [6, 6.07) is 10.0. The van der Waals surface area contributed by atoms with Crippen LogP contribution in [0.15, 0.2) is 30.3 Å². The first-order valence-electron chi connectivity index (χ1n) is 9.25. The van der Waals surface area contributed by atoms with Gasteiger partial charge >= 0.3 is 12.1 Å². The van der Waals surface area contributed by atoms with Gasteiger partial charge in [-0.05, 0) is 39.7 Å². The molecule has 1 aromatic rings. The third-order valence-electron chi connectivity index (χ3n) is 4.86. The molecule has 0 unspecified atom stereocenters. The quantitative estimate of drug-likeness (QED) is 0.841. The number of likely N-dealkylation sites (tertiary alicyclic amines) is 1. The summed E-state index contributed by atoms with van der Waals surface area (Å²) in [4.78, 5) is 28.0. The van der Waals surface area contributed by atoms with E-state index in [-0.39, 0.29) is 31.3 Å². The number of carbonyl (C=O) groups excluding carboxylic acids is 1. The molecule has 1 heterocycles. The number of carboxylic acids is 1. The van der Waals surface area contributed by atoms with Crippen LogP contribution in [-0.4, -0.2) is 58.2 Å². The van der Waals surface area contributed by atoms with E-state index in [4.69, 9.17) is 4.74 Å². The summed E-state index contributed by atoms with van der Waals surface area (Å²) in [6.07, 6.45) is 0.103. The van der Waals surface area contributed by atoms with Crippen molar-refractivity contribution in [2.75, 3.05) is 13.1 Å². The lowest BCUT2D eigenvalue weighted by molar-refractivity contribution is -0.144. The van der Waals surface area contributed by atoms with Crippen LogP contribution >= 0.6 is 0 Å². The molecule has 0 bridgehead atoms. The lowest BCUT2D eigenvalue weighted by Crippen LogP contribution is -2.57. The first kappa shape index (κ1) is 20.2. The maximum absolute atomic E-state index is 12.5. The SMILES string of the molecule is CC(C)N(C(C)C)[C@H]1C[C@@H](C(=O)O)CN(C(=O)OCc2ccccc2)C1. The Bertz CT molecular complexity index is 595. The molecular weight excluding hydrogens is 332 g/mol. The number of carboxylic acid groups (broad SMARTS) is 1. The highest BCUT2D eigenvalue weighted by Gasteiger charge is 2.38. The number of rotatable bonds is 6. The predicted octanol–water partition coefficient (Wildman–Crippen LogP) is 3.22. The number of piperidine rings is 1. The minimum atomic E-state index is -0.858. The second-order valence-corrected chi connectivity index (χ2v) is 7.50. The molecule has 6 nitrogen and oxygen atoms in total. The Balaban J connectivity index is 2.08. The fourth-order valence-corrected chi connectivity index (χ4v) is 3.87. The number of carbonyl (C=O) groups is 2. The van der Waals surface area contributed by atoms with Gasteiger partial charge in [-0.15, -0.1) is 0 Å². The highest BCUT2D eigenvalue weighted by molar-refractivity contribution is 5.73. The molecule has 0 saturated carbocycles. The summed E-state index contributed by atoms with van der Waals surface area (Å²) >= 11 is 0. The Morgan fingerprint density at radius 3 is 2.31 bits per heavy atom. The monoisotopic (exact) mass is 362 g/mol. The van der Waals surface area contributed by atoms with Crippen LogP contribution in [0, 0.1) is 5.92 Å². The third-order valence-corrected chi connectivity index (χ3v) is 4.86. The van der Waals surface area contributed by atoms with E-state index >= 15 is 0 Å². The molecule has 0 radical (unpaired) electrons. The number of ether oxygens (including phenoxy) is 1. The molecule has 1 amide bonds. The van der Waals surface area contributed by atoms with Gasteiger partial charge in [-0.25, -0.2) is 4.79 Å². The van der Waals surface area contributed by atoms with Crippen LogP contribution in [0.2, 0.25) is 0 Å². The molecule has 6 heteroatoms. The van der Waals surface area contributed by atoms with Gasteiger partial charge in [0.05, 0.1) is 5.92 Å². The van der Waals surface area contributed by atoms with Gasteiger partial charge in [0.25, 0.3) is 0 Å². The van der Waals surface area contributed by atoms with Gasteiger partial charge < -0.3 is 14.7 Å². The molecule has 0 spiro atoms. The lowest BCUT2D eigenvalue weighted by atomic mass is 9.92. The van der Waals surface area contributed by atoms with Crippen molar-refractivity contribution < 1.29 is 19.4 Å². The molecular formula is C20H30N2O4. The van der Waals surface area contributed by atoms with Gasteiger partial charge in [0, 0.05) is 31.2 Å². The molecule has 0 aliphatic carbocycles. The fourth-order valence-electron chi connectivity index (χ4n) is 3.87. The smallest absolute Gasteiger partial charge is 0.410 e. The lowest BCUT2D eigenvalue weighted by Gasteiger charge is -2.44. The standard InChI is InChI=1S/C20H30N2O4/c1-14(2)22(15(3)4)18-10-17(19(23)24)11-21(12-18)20(25)26-13-16-8-6-5-7-9-16/h5-9,14-15,17-18H,10-13H2,1-4H3,(H,23,24)/t17-,18+/m1/s1. The van der Waals surface area contributed by atoms with Crippen molar-refractivity contribution >= 4 is 12.1 Å². The van der Waals surface area contributed by atoms with E-state index in [2.05, 4.69) is 32.6 Å². The molecule has 144 valence electrons. The first-order chi connectivity index (χ1) is 12.3. The van der Waals surface area contributed by atoms with Crippen LogP contribution in [0.1, 0.15) is 39.7 Å². The largest absolute Gasteiger partial charge is 0.481 e. The van der Waals surface area contributed by atoms with Crippen molar-refractivity contribution in [1.29, 1.82) is 0 Å². The summed E-state index contributed by atoms with van der Waals surface area (Å²) < 4.78 is 5.42. The van der Waals surface area contributed by atoms with Crippen molar-refractivity contribution in [3.63, 3.8) is 0 Å². The minimum Gasteiger partial charge on any atom is -0.481 e. The topological polar surface area (TPSA) is 70.1 Å². The van der Waals surface area contributed by atoms with Crippen LogP contribution in [0.5, 0.6) is 0 Å². The fraction of sp³-hybridized carbons (Fsp3) is 0.600. The second-order valence-electron chi connectivity index (χ2n) is 7.50. The van der Waals surface area contributed by atoms with Gasteiger partial charge in [0.15, 0.2) is 0 Å². The number of benzene rings is 1. The predicted molar refractivity (Wildman–Crippen MR) is 99.8 cm³/mol. The average Bonchev–Trinajstić information content (AvgIpc) is 2.59. The molecule has 1 N–H and O–H groups in total. The highest BCUT2D eigenvalue weighted by atomic mass is 16.6. The zero-order valence-corrected chi connectivity index (χ0v) is 16.1. The summed E-state index contributed by atoms with van der Waals surface area (Å²) in [6.45, 7) is 9.28. The Kier molecular flexibility index (Phi) is 7.03. The minimum absolute atomic E-state index is 0.00845. The van der Waals surface area contributed by atoms with E-state index in [0.717, 1.165) is 5.56 Å². The van der Waals surface area contributed by atoms with Gasteiger partial charge in [0.2, 0.25) is 0 Å². The summed E-state index contributed by atoms with van der Waals surface area (Å²) in [7, 11) is 0. The van der Waals surface area contributed by atoms with Crippen LogP contribution < -0.4 is 0 Å². The molecule has 1 aliphatic heterocycles. The van der Waals surface area contributed by atoms with Crippen molar-refractivity contribution in [1.82, 2.24) is 9.80 Å². The number of hydrogen-bond acceptors (Lipinski definition) is 4.